The maximum atomic E-state index is 6.78. The molecule has 0 N–H and O–H groups in total. The predicted molar refractivity (Wildman–Crippen MR) is 179 cm³/mol. The molecule has 2 atom stereocenters. The van der Waals surface area contributed by atoms with Crippen molar-refractivity contribution in [2.45, 2.75) is 12.0 Å². The van der Waals surface area contributed by atoms with Crippen LogP contribution in [0.25, 0.3) is 50.3 Å². The van der Waals surface area contributed by atoms with Gasteiger partial charge in [-0.3, -0.25) is 0 Å². The monoisotopic (exact) mass is 565 g/mol. The average Bonchev–Trinajstić information content (AvgIpc) is 3.65. The number of nitrogens with zero attached hydrogens (tertiary/aromatic N) is 3. The molecule has 9 rings (SSSR count). The SMILES string of the molecule is C1=CC2C(C(c3cccc4c3oc3nc(-c5ccccc5)nc(-c5ccccc5)c34)=C1)c1ccccc1N2c1ccccc1. The van der Waals surface area contributed by atoms with Crippen LogP contribution < -0.4 is 4.90 Å². The number of benzene rings is 5. The lowest BCUT2D eigenvalue weighted by molar-refractivity contribution is 0.651. The molecule has 0 radical (unpaired) electrons. The Morgan fingerprint density at radius 2 is 1.34 bits per heavy atom. The molecule has 0 fully saturated rings. The summed E-state index contributed by atoms with van der Waals surface area (Å²) in [5.41, 5.74) is 10.4. The summed E-state index contributed by atoms with van der Waals surface area (Å²) >= 11 is 0. The quantitative estimate of drug-likeness (QED) is 0.213. The summed E-state index contributed by atoms with van der Waals surface area (Å²) in [5.74, 6) is 0.801. The zero-order valence-electron chi connectivity index (χ0n) is 23.8. The molecule has 3 heterocycles. The zero-order valence-corrected chi connectivity index (χ0v) is 23.8. The summed E-state index contributed by atoms with van der Waals surface area (Å²) in [5, 5.41) is 1.96. The molecule has 0 bridgehead atoms. The standard InChI is InChI=1S/C40H27N3O/c1-4-14-26(15-5-1)37-36-32-23-12-22-30(38(32)44-40(36)42-39(41-37)27-16-6-2-7-17-27)29-21-13-25-34-35(29)31-20-10-11-24-33(31)43(34)28-18-8-3-9-19-28/h1-25,34-35H. The van der Waals surface area contributed by atoms with E-state index in [0.717, 1.165) is 38.7 Å². The molecule has 7 aromatic rings. The first-order chi connectivity index (χ1) is 21.8. The molecule has 0 spiro atoms. The van der Waals surface area contributed by atoms with Crippen molar-refractivity contribution in [3.63, 3.8) is 0 Å². The van der Waals surface area contributed by atoms with E-state index in [-0.39, 0.29) is 12.0 Å². The van der Waals surface area contributed by atoms with Crippen molar-refractivity contribution in [3.8, 4) is 22.6 Å². The molecule has 4 heteroatoms. The van der Waals surface area contributed by atoms with Gasteiger partial charge >= 0.3 is 0 Å². The van der Waals surface area contributed by atoms with Crippen LogP contribution in [0.4, 0.5) is 11.4 Å². The number of rotatable bonds is 4. The molecular formula is C40H27N3O. The van der Waals surface area contributed by atoms with Gasteiger partial charge in [0.2, 0.25) is 5.71 Å². The third-order valence-corrected chi connectivity index (χ3v) is 8.87. The van der Waals surface area contributed by atoms with Crippen LogP contribution in [0.2, 0.25) is 0 Å². The Morgan fingerprint density at radius 3 is 2.14 bits per heavy atom. The Bertz CT molecular complexity index is 2230. The molecule has 4 nitrogen and oxygen atoms in total. The van der Waals surface area contributed by atoms with E-state index >= 15 is 0 Å². The molecule has 1 aliphatic heterocycles. The van der Waals surface area contributed by atoms with Crippen molar-refractivity contribution in [1.82, 2.24) is 9.97 Å². The maximum Gasteiger partial charge on any atom is 0.231 e. The predicted octanol–water partition coefficient (Wildman–Crippen LogP) is 9.97. The number of fused-ring (bicyclic) bond motifs is 6. The third kappa shape index (κ3) is 3.78. The van der Waals surface area contributed by atoms with Crippen LogP contribution in [0.5, 0.6) is 0 Å². The molecule has 44 heavy (non-hydrogen) atoms. The minimum atomic E-state index is 0.148. The second-order valence-corrected chi connectivity index (χ2v) is 11.3. The average molecular weight is 566 g/mol. The molecule has 5 aromatic carbocycles. The van der Waals surface area contributed by atoms with Gasteiger partial charge in [0.25, 0.3) is 0 Å². The van der Waals surface area contributed by atoms with Gasteiger partial charge in [0.1, 0.15) is 5.58 Å². The van der Waals surface area contributed by atoms with Crippen LogP contribution in [-0.4, -0.2) is 16.0 Å². The molecule has 0 saturated heterocycles. The van der Waals surface area contributed by atoms with E-state index in [4.69, 9.17) is 14.4 Å². The first kappa shape index (κ1) is 24.8. The lowest BCUT2D eigenvalue weighted by Gasteiger charge is -2.31. The summed E-state index contributed by atoms with van der Waals surface area (Å²) < 4.78 is 6.78. The number of furan rings is 1. The number of allylic oxidation sites excluding steroid dienone is 2. The van der Waals surface area contributed by atoms with Crippen molar-refractivity contribution >= 4 is 39.0 Å². The van der Waals surface area contributed by atoms with E-state index in [0.29, 0.717) is 11.5 Å². The first-order valence-electron chi connectivity index (χ1n) is 15.0. The largest absolute Gasteiger partial charge is 0.437 e. The van der Waals surface area contributed by atoms with Gasteiger partial charge in [-0.1, -0.05) is 133 Å². The third-order valence-electron chi connectivity index (χ3n) is 8.87. The van der Waals surface area contributed by atoms with Crippen LogP contribution in [0.1, 0.15) is 17.0 Å². The number of para-hydroxylation sites is 3. The number of hydrogen-bond acceptors (Lipinski definition) is 4. The van der Waals surface area contributed by atoms with Crippen molar-refractivity contribution in [1.29, 1.82) is 0 Å². The van der Waals surface area contributed by atoms with Crippen LogP contribution in [0, 0.1) is 0 Å². The molecule has 0 amide bonds. The van der Waals surface area contributed by atoms with Crippen LogP contribution in [0.3, 0.4) is 0 Å². The molecule has 2 unspecified atom stereocenters. The van der Waals surface area contributed by atoms with E-state index in [1.165, 1.54) is 22.5 Å². The Labute approximate surface area is 255 Å². The van der Waals surface area contributed by atoms with E-state index in [1.54, 1.807) is 0 Å². The van der Waals surface area contributed by atoms with Gasteiger partial charge in [0, 0.05) is 39.4 Å². The highest BCUT2D eigenvalue weighted by atomic mass is 16.3. The molecule has 0 saturated carbocycles. The fourth-order valence-electron chi connectivity index (χ4n) is 6.99. The molecule has 2 aromatic heterocycles. The maximum absolute atomic E-state index is 6.78. The van der Waals surface area contributed by atoms with Gasteiger partial charge in [-0.2, -0.15) is 4.98 Å². The lowest BCUT2D eigenvalue weighted by Crippen LogP contribution is -2.30. The van der Waals surface area contributed by atoms with E-state index in [1.807, 2.05) is 36.4 Å². The molecule has 2 aliphatic rings. The minimum Gasteiger partial charge on any atom is -0.437 e. The zero-order chi connectivity index (χ0) is 29.0. The van der Waals surface area contributed by atoms with Gasteiger partial charge in [0.05, 0.1) is 17.1 Å². The Morgan fingerprint density at radius 1 is 0.636 bits per heavy atom. The Balaban J connectivity index is 1.26. The summed E-state index contributed by atoms with van der Waals surface area (Å²) in [6, 6.07) is 46.5. The van der Waals surface area contributed by atoms with E-state index in [9.17, 15) is 0 Å². The topological polar surface area (TPSA) is 42.2 Å². The highest BCUT2D eigenvalue weighted by molar-refractivity contribution is 6.13. The van der Waals surface area contributed by atoms with Gasteiger partial charge < -0.3 is 9.32 Å². The highest BCUT2D eigenvalue weighted by Crippen LogP contribution is 2.53. The van der Waals surface area contributed by atoms with E-state index < -0.39 is 0 Å². The second-order valence-electron chi connectivity index (χ2n) is 11.3. The van der Waals surface area contributed by atoms with Crippen molar-refractivity contribution < 1.29 is 4.42 Å². The summed E-state index contributed by atoms with van der Waals surface area (Å²) in [6.07, 6.45) is 6.78. The summed E-state index contributed by atoms with van der Waals surface area (Å²) in [7, 11) is 0. The Kier molecular flexibility index (Phi) is 5.60. The van der Waals surface area contributed by atoms with Gasteiger partial charge in [-0.25, -0.2) is 4.98 Å². The van der Waals surface area contributed by atoms with Gasteiger partial charge in [-0.15, -0.1) is 0 Å². The summed E-state index contributed by atoms with van der Waals surface area (Å²) in [4.78, 5) is 12.6. The number of aromatic nitrogens is 2. The fourth-order valence-corrected chi connectivity index (χ4v) is 6.99. The molecular weight excluding hydrogens is 538 g/mol. The first-order valence-corrected chi connectivity index (χ1v) is 15.0. The normalized spacial score (nSPS) is 17.1. The van der Waals surface area contributed by atoms with Crippen LogP contribution in [-0.2, 0) is 0 Å². The van der Waals surface area contributed by atoms with Gasteiger partial charge in [-0.05, 0) is 29.3 Å². The minimum absolute atomic E-state index is 0.148. The number of anilines is 2. The van der Waals surface area contributed by atoms with Crippen LogP contribution in [0.15, 0.2) is 156 Å². The molecule has 208 valence electrons. The smallest absolute Gasteiger partial charge is 0.231 e. The van der Waals surface area contributed by atoms with Crippen molar-refractivity contribution in [2.24, 2.45) is 0 Å². The van der Waals surface area contributed by atoms with Crippen molar-refractivity contribution in [3.05, 3.63) is 163 Å². The van der Waals surface area contributed by atoms with Gasteiger partial charge in [0.15, 0.2) is 5.82 Å². The highest BCUT2D eigenvalue weighted by Gasteiger charge is 2.41. The number of hydrogen-bond donors (Lipinski definition) is 0. The summed E-state index contributed by atoms with van der Waals surface area (Å²) in [6.45, 7) is 0. The van der Waals surface area contributed by atoms with E-state index in [2.05, 4.69) is 120 Å². The lowest BCUT2D eigenvalue weighted by atomic mass is 9.80. The Hall–Kier alpha value is -5.74. The second kappa shape index (κ2) is 9.92. The van der Waals surface area contributed by atoms with Crippen molar-refractivity contribution in [2.75, 3.05) is 4.90 Å². The molecule has 1 aliphatic carbocycles. The van der Waals surface area contributed by atoms with Crippen LogP contribution >= 0.6 is 0 Å². The fraction of sp³-hybridized carbons (Fsp3) is 0.0500.